The molecule has 0 amide bonds. The minimum Gasteiger partial charge on any atom is -0.349 e. The average molecular weight is 303 g/mol. The van der Waals surface area contributed by atoms with Crippen LogP contribution in [0.3, 0.4) is 0 Å². The van der Waals surface area contributed by atoms with Gasteiger partial charge in [-0.1, -0.05) is 18.2 Å². The summed E-state index contributed by atoms with van der Waals surface area (Å²) >= 11 is 5.00. The van der Waals surface area contributed by atoms with Gasteiger partial charge in [-0.3, -0.25) is 0 Å². The molecule has 82 valence electrons. The third-order valence-corrected chi connectivity index (χ3v) is 4.11. The molecule has 0 saturated heterocycles. The molecule has 0 atom stereocenters. The van der Waals surface area contributed by atoms with Crippen LogP contribution in [0.4, 0.5) is 0 Å². The number of H-pyrrole nitrogens is 1. The van der Waals surface area contributed by atoms with Crippen LogP contribution >= 0.6 is 27.3 Å². The maximum absolute atomic E-state index is 9.10. The Balaban J connectivity index is 2.38. The average Bonchev–Trinajstić information content (AvgIpc) is 2.90. The Kier molecular flexibility index (Phi) is 2.50. The third-order valence-electron chi connectivity index (χ3n) is 2.70. The number of rotatable bonds is 1. The number of nitrogens with one attached hydrogen (secondary N) is 1. The van der Waals surface area contributed by atoms with Crippen LogP contribution < -0.4 is 0 Å². The molecule has 2 aromatic heterocycles. The van der Waals surface area contributed by atoms with Crippen molar-refractivity contribution >= 4 is 38.2 Å². The first-order valence-electron chi connectivity index (χ1n) is 5.05. The molecule has 0 radical (unpaired) electrons. The van der Waals surface area contributed by atoms with Crippen molar-refractivity contribution in [1.29, 1.82) is 5.26 Å². The molecule has 0 fully saturated rings. The summed E-state index contributed by atoms with van der Waals surface area (Å²) in [5, 5.41) is 12.2. The zero-order valence-corrected chi connectivity index (χ0v) is 11.1. The minimum atomic E-state index is 0.746. The lowest BCUT2D eigenvalue weighted by Gasteiger charge is -1.97. The molecule has 0 saturated carbocycles. The van der Waals surface area contributed by atoms with Crippen molar-refractivity contribution < 1.29 is 0 Å². The third kappa shape index (κ3) is 1.59. The highest BCUT2D eigenvalue weighted by Gasteiger charge is 2.15. The fourth-order valence-electron chi connectivity index (χ4n) is 1.97. The largest absolute Gasteiger partial charge is 0.349 e. The predicted molar refractivity (Wildman–Crippen MR) is 74.0 cm³/mol. The van der Waals surface area contributed by atoms with Gasteiger partial charge in [-0.15, -0.1) is 11.3 Å². The van der Waals surface area contributed by atoms with E-state index in [1.54, 1.807) is 0 Å². The van der Waals surface area contributed by atoms with Crippen molar-refractivity contribution in [2.75, 3.05) is 0 Å². The minimum absolute atomic E-state index is 0.746. The van der Waals surface area contributed by atoms with Crippen LogP contribution in [0.15, 0.2) is 40.3 Å². The van der Waals surface area contributed by atoms with E-state index >= 15 is 0 Å². The van der Waals surface area contributed by atoms with Gasteiger partial charge in [-0.25, -0.2) is 0 Å². The van der Waals surface area contributed by atoms with E-state index in [-0.39, 0.29) is 0 Å². The highest BCUT2D eigenvalue weighted by molar-refractivity contribution is 9.10. The van der Waals surface area contributed by atoms with Crippen LogP contribution in [-0.4, -0.2) is 4.98 Å². The molecular weight excluding hydrogens is 296 g/mol. The first-order valence-corrected chi connectivity index (χ1v) is 6.72. The Morgan fingerprint density at radius 2 is 2.06 bits per heavy atom. The van der Waals surface area contributed by atoms with Crippen molar-refractivity contribution in [3.63, 3.8) is 0 Å². The number of fused-ring (bicyclic) bond motifs is 1. The number of thiophene rings is 1. The van der Waals surface area contributed by atoms with Crippen LogP contribution in [-0.2, 0) is 0 Å². The van der Waals surface area contributed by atoms with Gasteiger partial charge < -0.3 is 4.98 Å². The van der Waals surface area contributed by atoms with Crippen molar-refractivity contribution in [3.05, 3.63) is 45.2 Å². The summed E-state index contributed by atoms with van der Waals surface area (Å²) in [5.74, 6) is 0. The topological polar surface area (TPSA) is 39.6 Å². The number of hydrogen-bond acceptors (Lipinski definition) is 2. The molecule has 0 aliphatic carbocycles. The fourth-order valence-corrected chi connectivity index (χ4v) is 3.30. The van der Waals surface area contributed by atoms with Gasteiger partial charge in [0.25, 0.3) is 0 Å². The first-order chi connectivity index (χ1) is 8.31. The van der Waals surface area contributed by atoms with E-state index < -0.39 is 0 Å². The second-order valence-electron chi connectivity index (χ2n) is 3.63. The van der Waals surface area contributed by atoms with E-state index in [0.29, 0.717) is 0 Å². The molecule has 2 nitrogen and oxygen atoms in total. The molecule has 3 rings (SSSR count). The number of halogens is 1. The van der Waals surface area contributed by atoms with Gasteiger partial charge in [0.15, 0.2) is 0 Å². The first kappa shape index (κ1) is 10.6. The van der Waals surface area contributed by atoms with Crippen LogP contribution in [0.25, 0.3) is 22.0 Å². The van der Waals surface area contributed by atoms with Gasteiger partial charge in [0.05, 0.1) is 4.60 Å². The van der Waals surface area contributed by atoms with Crippen LogP contribution in [0, 0.1) is 11.3 Å². The van der Waals surface area contributed by atoms with Crippen LogP contribution in [0.2, 0.25) is 0 Å². The number of hydrogen-bond donors (Lipinski definition) is 1. The number of aromatic nitrogens is 1. The Labute approximate surface area is 111 Å². The number of benzene rings is 1. The Bertz CT molecular complexity index is 733. The van der Waals surface area contributed by atoms with Crippen molar-refractivity contribution in [2.24, 2.45) is 0 Å². The quantitative estimate of drug-likeness (QED) is 0.705. The maximum Gasteiger partial charge on any atom is 0.112 e. The summed E-state index contributed by atoms with van der Waals surface area (Å²) in [6, 6.07) is 12.3. The molecule has 0 unspecified atom stereocenters. The monoisotopic (exact) mass is 302 g/mol. The van der Waals surface area contributed by atoms with Crippen molar-refractivity contribution in [2.45, 2.75) is 0 Å². The molecular formula is C13H7BrN2S. The van der Waals surface area contributed by atoms with E-state index in [0.717, 1.165) is 31.5 Å². The molecule has 0 aliphatic heterocycles. The summed E-state index contributed by atoms with van der Waals surface area (Å²) in [4.78, 5) is 4.02. The summed E-state index contributed by atoms with van der Waals surface area (Å²) < 4.78 is 0.925. The fraction of sp³-hybridized carbons (Fsp3) is 0. The second-order valence-corrected chi connectivity index (χ2v) is 5.34. The summed E-state index contributed by atoms with van der Waals surface area (Å²) in [6.07, 6.45) is 0. The molecule has 3 aromatic rings. The number of aromatic amines is 1. The van der Waals surface area contributed by atoms with Gasteiger partial charge in [-0.2, -0.15) is 5.26 Å². The van der Waals surface area contributed by atoms with E-state index in [1.165, 1.54) is 11.3 Å². The summed E-state index contributed by atoms with van der Waals surface area (Å²) in [6.45, 7) is 0. The summed E-state index contributed by atoms with van der Waals surface area (Å²) in [7, 11) is 0. The highest BCUT2D eigenvalue weighted by Crippen LogP contribution is 2.38. The highest BCUT2D eigenvalue weighted by atomic mass is 79.9. The van der Waals surface area contributed by atoms with E-state index in [4.69, 9.17) is 5.26 Å². The molecule has 2 heterocycles. The second kappa shape index (κ2) is 4.02. The molecule has 4 heteroatoms. The van der Waals surface area contributed by atoms with Gasteiger partial charge in [0.2, 0.25) is 0 Å². The van der Waals surface area contributed by atoms with E-state index in [1.807, 2.05) is 29.6 Å². The molecule has 0 spiro atoms. The smallest absolute Gasteiger partial charge is 0.112 e. The Morgan fingerprint density at radius 1 is 1.24 bits per heavy atom. The molecule has 17 heavy (non-hydrogen) atoms. The SMILES string of the molecule is N#Cc1sccc1-c1c(Br)[nH]c2ccccc12. The van der Waals surface area contributed by atoms with E-state index in [9.17, 15) is 0 Å². The Hall–Kier alpha value is -1.57. The molecule has 0 aliphatic rings. The lowest BCUT2D eigenvalue weighted by Crippen LogP contribution is -1.76. The van der Waals surface area contributed by atoms with E-state index in [2.05, 4.69) is 33.0 Å². The van der Waals surface area contributed by atoms with Gasteiger partial charge >= 0.3 is 0 Å². The normalized spacial score (nSPS) is 10.6. The van der Waals surface area contributed by atoms with Gasteiger partial charge in [-0.05, 0) is 33.4 Å². The van der Waals surface area contributed by atoms with Gasteiger partial charge in [0, 0.05) is 22.0 Å². The Morgan fingerprint density at radius 3 is 2.88 bits per heavy atom. The molecule has 1 N–H and O–H groups in total. The lowest BCUT2D eigenvalue weighted by molar-refractivity contribution is 1.41. The zero-order valence-electron chi connectivity index (χ0n) is 8.70. The summed E-state index contributed by atoms with van der Waals surface area (Å²) in [5.41, 5.74) is 3.13. The van der Waals surface area contributed by atoms with Crippen molar-refractivity contribution in [3.8, 4) is 17.2 Å². The number of nitrogens with zero attached hydrogens (tertiary/aromatic N) is 1. The number of para-hydroxylation sites is 1. The lowest BCUT2D eigenvalue weighted by atomic mass is 10.1. The molecule has 0 bridgehead atoms. The van der Waals surface area contributed by atoms with Gasteiger partial charge in [0.1, 0.15) is 10.9 Å². The van der Waals surface area contributed by atoms with Crippen LogP contribution in [0.5, 0.6) is 0 Å². The predicted octanol–water partition coefficient (Wildman–Crippen LogP) is 4.53. The maximum atomic E-state index is 9.10. The standard InChI is InChI=1S/C13H7BrN2S/c14-13-12(9-5-6-17-11(9)7-15)8-3-1-2-4-10(8)16-13/h1-6,16H. The van der Waals surface area contributed by atoms with Crippen molar-refractivity contribution in [1.82, 2.24) is 4.98 Å². The zero-order chi connectivity index (χ0) is 11.8. The molecule has 1 aromatic carbocycles. The number of nitriles is 1. The van der Waals surface area contributed by atoms with Crippen LogP contribution in [0.1, 0.15) is 4.88 Å².